The summed E-state index contributed by atoms with van der Waals surface area (Å²) in [5.74, 6) is 0.829. The lowest BCUT2D eigenvalue weighted by atomic mass is 9.91. The molecule has 1 aromatic carbocycles. The van der Waals surface area contributed by atoms with Crippen molar-refractivity contribution >= 4 is 22.5 Å². The van der Waals surface area contributed by atoms with Crippen molar-refractivity contribution in [3.05, 3.63) is 36.5 Å². The standard InChI is InChI=1S/C16H18ClNO2/c1-2-8-19-16-13(17)10-15(16)20-12-6-5-11-4-3-7-18-14(11)9-12/h3-7,9,13,15-16H,2,8,10H2,1H3. The van der Waals surface area contributed by atoms with E-state index in [1.165, 1.54) is 0 Å². The number of benzene rings is 1. The average Bonchev–Trinajstić information content (AvgIpc) is 2.47. The van der Waals surface area contributed by atoms with Crippen molar-refractivity contribution in [3.8, 4) is 5.75 Å². The van der Waals surface area contributed by atoms with Crippen LogP contribution in [0.4, 0.5) is 0 Å². The van der Waals surface area contributed by atoms with Crippen LogP contribution in [0.15, 0.2) is 36.5 Å². The van der Waals surface area contributed by atoms with E-state index in [9.17, 15) is 0 Å². The van der Waals surface area contributed by atoms with Crippen molar-refractivity contribution in [2.24, 2.45) is 0 Å². The average molecular weight is 292 g/mol. The molecule has 3 nitrogen and oxygen atoms in total. The Kier molecular flexibility index (Phi) is 4.08. The zero-order valence-corrected chi connectivity index (χ0v) is 12.2. The highest BCUT2D eigenvalue weighted by Crippen LogP contribution is 2.33. The first kappa shape index (κ1) is 13.7. The van der Waals surface area contributed by atoms with Crippen molar-refractivity contribution in [2.45, 2.75) is 37.4 Å². The van der Waals surface area contributed by atoms with Gasteiger partial charge >= 0.3 is 0 Å². The lowest BCUT2D eigenvalue weighted by Gasteiger charge is -2.40. The van der Waals surface area contributed by atoms with E-state index in [-0.39, 0.29) is 17.6 Å². The van der Waals surface area contributed by atoms with Crippen LogP contribution in [0, 0.1) is 0 Å². The number of aromatic nitrogens is 1. The first-order chi connectivity index (χ1) is 9.78. The molecule has 0 spiro atoms. The molecule has 0 amide bonds. The van der Waals surface area contributed by atoms with E-state index < -0.39 is 0 Å². The van der Waals surface area contributed by atoms with Gasteiger partial charge in [0.2, 0.25) is 0 Å². The van der Waals surface area contributed by atoms with Gasteiger partial charge in [-0.1, -0.05) is 13.0 Å². The first-order valence-corrected chi connectivity index (χ1v) is 7.48. The minimum Gasteiger partial charge on any atom is -0.488 e. The van der Waals surface area contributed by atoms with Crippen LogP contribution >= 0.6 is 11.6 Å². The third kappa shape index (κ3) is 2.74. The molecule has 1 aromatic heterocycles. The molecule has 0 saturated heterocycles. The van der Waals surface area contributed by atoms with E-state index in [1.807, 2.05) is 30.3 Å². The van der Waals surface area contributed by atoms with Gasteiger partial charge < -0.3 is 9.47 Å². The van der Waals surface area contributed by atoms with Crippen molar-refractivity contribution in [3.63, 3.8) is 0 Å². The Morgan fingerprint density at radius 1 is 1.35 bits per heavy atom. The summed E-state index contributed by atoms with van der Waals surface area (Å²) in [4.78, 5) is 4.34. The molecule has 0 aliphatic heterocycles. The summed E-state index contributed by atoms with van der Waals surface area (Å²) in [5.41, 5.74) is 0.942. The van der Waals surface area contributed by atoms with Crippen LogP contribution in [-0.2, 0) is 4.74 Å². The third-order valence-electron chi connectivity index (χ3n) is 3.56. The molecule has 0 radical (unpaired) electrons. The van der Waals surface area contributed by atoms with Gasteiger partial charge in [-0.05, 0) is 24.6 Å². The van der Waals surface area contributed by atoms with Gasteiger partial charge in [0.05, 0.1) is 10.9 Å². The van der Waals surface area contributed by atoms with Crippen molar-refractivity contribution < 1.29 is 9.47 Å². The minimum atomic E-state index is -0.00366. The molecule has 3 unspecified atom stereocenters. The van der Waals surface area contributed by atoms with Crippen LogP contribution < -0.4 is 4.74 Å². The molecule has 3 atom stereocenters. The molecule has 4 heteroatoms. The molecule has 2 aromatic rings. The summed E-state index contributed by atoms with van der Waals surface area (Å²) >= 11 is 6.19. The number of alkyl halides is 1. The molecule has 1 fully saturated rings. The van der Waals surface area contributed by atoms with Crippen LogP contribution in [0.5, 0.6) is 5.75 Å². The van der Waals surface area contributed by atoms with Gasteiger partial charge in [0.25, 0.3) is 0 Å². The highest BCUT2D eigenvalue weighted by atomic mass is 35.5. The predicted octanol–water partition coefficient (Wildman–Crippen LogP) is 3.79. The number of halogens is 1. The van der Waals surface area contributed by atoms with E-state index >= 15 is 0 Å². The molecule has 20 heavy (non-hydrogen) atoms. The molecule has 1 aliphatic carbocycles. The van der Waals surface area contributed by atoms with Crippen molar-refractivity contribution in [1.29, 1.82) is 0 Å². The summed E-state index contributed by atoms with van der Waals surface area (Å²) in [5, 5.41) is 1.17. The largest absolute Gasteiger partial charge is 0.488 e. The SMILES string of the molecule is CCCOC1C(Cl)CC1Oc1ccc2cccnc2c1. The Labute approximate surface area is 123 Å². The maximum Gasteiger partial charge on any atom is 0.128 e. The third-order valence-corrected chi connectivity index (χ3v) is 3.99. The Morgan fingerprint density at radius 2 is 2.25 bits per heavy atom. The number of fused-ring (bicyclic) bond motifs is 1. The lowest BCUT2D eigenvalue weighted by molar-refractivity contribution is -0.0797. The van der Waals surface area contributed by atoms with E-state index in [1.54, 1.807) is 6.20 Å². The highest BCUT2D eigenvalue weighted by Gasteiger charge is 2.42. The maximum atomic E-state index is 6.19. The number of hydrogen-bond acceptors (Lipinski definition) is 3. The lowest BCUT2D eigenvalue weighted by Crippen LogP contribution is -2.52. The second kappa shape index (κ2) is 5.98. The molecule has 0 bridgehead atoms. The Balaban J connectivity index is 1.69. The fourth-order valence-corrected chi connectivity index (χ4v) is 2.81. The van der Waals surface area contributed by atoms with Gasteiger partial charge in [-0.25, -0.2) is 0 Å². The molecule has 106 valence electrons. The summed E-state index contributed by atoms with van der Waals surface area (Å²) < 4.78 is 11.7. The normalized spacial score (nSPS) is 25.4. The molecule has 1 heterocycles. The smallest absolute Gasteiger partial charge is 0.128 e. The van der Waals surface area contributed by atoms with Gasteiger partial charge in [0.15, 0.2) is 0 Å². The van der Waals surface area contributed by atoms with Crippen LogP contribution in [0.3, 0.4) is 0 Å². The fourth-order valence-electron chi connectivity index (χ4n) is 2.40. The monoisotopic (exact) mass is 291 g/mol. The van der Waals surface area contributed by atoms with E-state index in [0.717, 1.165) is 36.1 Å². The number of ether oxygens (including phenoxy) is 2. The minimum absolute atomic E-state index is 0.00366. The summed E-state index contributed by atoms with van der Waals surface area (Å²) in [7, 11) is 0. The van der Waals surface area contributed by atoms with Crippen LogP contribution in [-0.4, -0.2) is 29.2 Å². The number of hydrogen-bond donors (Lipinski definition) is 0. The van der Waals surface area contributed by atoms with Gasteiger partial charge in [-0.3, -0.25) is 4.98 Å². The van der Waals surface area contributed by atoms with Crippen LogP contribution in [0.25, 0.3) is 10.9 Å². The molecular weight excluding hydrogens is 274 g/mol. The van der Waals surface area contributed by atoms with Crippen LogP contribution in [0.1, 0.15) is 19.8 Å². The Hall–Kier alpha value is -1.32. The van der Waals surface area contributed by atoms with Crippen molar-refractivity contribution in [1.82, 2.24) is 4.98 Å². The molecular formula is C16H18ClNO2. The molecule has 1 saturated carbocycles. The van der Waals surface area contributed by atoms with Gasteiger partial charge in [0.1, 0.15) is 18.0 Å². The molecule has 1 aliphatic rings. The summed E-state index contributed by atoms with van der Waals surface area (Å²) in [6.45, 7) is 2.82. The number of nitrogens with zero attached hydrogens (tertiary/aromatic N) is 1. The fraction of sp³-hybridized carbons (Fsp3) is 0.438. The second-order valence-electron chi connectivity index (χ2n) is 5.10. The summed E-state index contributed by atoms with van der Waals surface area (Å²) in [6.07, 6.45) is 3.65. The number of rotatable bonds is 5. The van der Waals surface area contributed by atoms with E-state index in [4.69, 9.17) is 21.1 Å². The zero-order chi connectivity index (χ0) is 13.9. The van der Waals surface area contributed by atoms with Gasteiger partial charge in [0, 0.05) is 30.7 Å². The first-order valence-electron chi connectivity index (χ1n) is 7.05. The maximum absolute atomic E-state index is 6.19. The second-order valence-corrected chi connectivity index (χ2v) is 5.66. The summed E-state index contributed by atoms with van der Waals surface area (Å²) in [6, 6.07) is 9.94. The quantitative estimate of drug-likeness (QED) is 0.786. The topological polar surface area (TPSA) is 31.4 Å². The zero-order valence-electron chi connectivity index (χ0n) is 11.5. The van der Waals surface area contributed by atoms with E-state index in [2.05, 4.69) is 11.9 Å². The predicted molar refractivity (Wildman–Crippen MR) is 80.4 cm³/mol. The van der Waals surface area contributed by atoms with Gasteiger partial charge in [-0.15, -0.1) is 11.6 Å². The Bertz CT molecular complexity index is 589. The highest BCUT2D eigenvalue weighted by molar-refractivity contribution is 6.21. The molecule has 0 N–H and O–H groups in total. The van der Waals surface area contributed by atoms with E-state index in [0.29, 0.717) is 0 Å². The number of pyridine rings is 1. The molecule has 3 rings (SSSR count). The van der Waals surface area contributed by atoms with Crippen molar-refractivity contribution in [2.75, 3.05) is 6.61 Å². The van der Waals surface area contributed by atoms with Gasteiger partial charge in [-0.2, -0.15) is 0 Å². The van der Waals surface area contributed by atoms with Crippen LogP contribution in [0.2, 0.25) is 0 Å². The Morgan fingerprint density at radius 3 is 3.05 bits per heavy atom.